The molecule has 2 N–H and O–H groups in total. The molecule has 0 saturated heterocycles. The van der Waals surface area contributed by atoms with Gasteiger partial charge in [0.25, 0.3) is 0 Å². The van der Waals surface area contributed by atoms with Crippen LogP contribution in [0.25, 0.3) is 17.2 Å². The Hall–Kier alpha value is -1.97. The number of hydrogen-bond donors (Lipinski definition) is 1. The van der Waals surface area contributed by atoms with Gasteiger partial charge in [-0.2, -0.15) is 0 Å². The van der Waals surface area contributed by atoms with Crippen molar-refractivity contribution >= 4 is 19.2 Å². The van der Waals surface area contributed by atoms with Gasteiger partial charge in [0.1, 0.15) is 5.69 Å². The summed E-state index contributed by atoms with van der Waals surface area (Å²) in [6.07, 6.45) is 1.69. The molecule has 0 saturated carbocycles. The molecule has 2 rings (SSSR count). The van der Waals surface area contributed by atoms with Crippen LogP contribution in [0.4, 0.5) is 0 Å². The predicted molar refractivity (Wildman–Crippen MR) is 63.3 cm³/mol. The molecule has 0 atom stereocenters. The zero-order chi connectivity index (χ0) is 10.8. The largest absolute Gasteiger partial charge is 0.470 e. The van der Waals surface area contributed by atoms with Crippen LogP contribution in [0.3, 0.4) is 0 Å². The lowest BCUT2D eigenvalue weighted by atomic mass is 10.1. The second-order valence-electron chi connectivity index (χ2n) is 3.37. The summed E-state index contributed by atoms with van der Waals surface area (Å²) in [6, 6.07) is 7.55. The minimum Gasteiger partial charge on any atom is -0.470 e. The molecule has 0 bridgehead atoms. The lowest BCUT2D eigenvalue weighted by Crippen LogP contribution is -1.95. The highest BCUT2D eigenvalue weighted by Gasteiger charge is 2.03. The highest BCUT2D eigenvalue weighted by Crippen LogP contribution is 2.17. The molecule has 0 aliphatic heterocycles. The molecule has 4 heteroatoms. The maximum Gasteiger partial charge on any atom is 0.186 e. The third-order valence-electron chi connectivity index (χ3n) is 2.13. The van der Waals surface area contributed by atoms with Crippen LogP contribution < -0.4 is 11.4 Å². The number of aromatic nitrogens is 1. The molecule has 0 radical (unpaired) electrons. The van der Waals surface area contributed by atoms with Crippen LogP contribution in [-0.2, 0) is 0 Å². The van der Waals surface area contributed by atoms with Gasteiger partial charge in [-0.05, 0) is 24.3 Å². The summed E-state index contributed by atoms with van der Waals surface area (Å²) in [4.78, 5) is 4.25. The fourth-order valence-electron chi connectivity index (χ4n) is 1.30. The molecule has 2 aromatic rings. The van der Waals surface area contributed by atoms with E-state index in [2.05, 4.69) is 11.6 Å². The van der Waals surface area contributed by atoms with Crippen molar-refractivity contribution in [2.75, 3.05) is 0 Å². The number of rotatable bonds is 2. The maximum absolute atomic E-state index is 5.55. The van der Waals surface area contributed by atoms with Crippen LogP contribution in [0.2, 0.25) is 0 Å². The second kappa shape index (κ2) is 3.65. The number of nitrogens with zero attached hydrogens (tertiary/aromatic N) is 1. The Labute approximate surface area is 89.0 Å². The van der Waals surface area contributed by atoms with Crippen LogP contribution in [0.5, 0.6) is 0 Å². The van der Waals surface area contributed by atoms with Gasteiger partial charge in [0.05, 0.1) is 5.66 Å². The van der Waals surface area contributed by atoms with Crippen molar-refractivity contribution in [3.8, 4) is 11.5 Å². The molecule has 0 amide bonds. The summed E-state index contributed by atoms with van der Waals surface area (Å²) < 4.78 is 5.45. The molecule has 15 heavy (non-hydrogen) atoms. The highest BCUT2D eigenvalue weighted by atomic mass is 16.3. The van der Waals surface area contributed by atoms with Crippen LogP contribution in [0.1, 0.15) is 5.56 Å². The van der Waals surface area contributed by atoms with E-state index in [0.717, 1.165) is 22.7 Å². The molecule has 0 aromatic carbocycles. The van der Waals surface area contributed by atoms with Crippen LogP contribution >= 0.6 is 0 Å². The number of nitrogens with two attached hydrogens (primary N) is 1. The zero-order valence-corrected chi connectivity index (χ0v) is 8.53. The molecule has 0 aliphatic carbocycles. The van der Waals surface area contributed by atoms with Crippen LogP contribution in [0, 0.1) is 0 Å². The Morgan fingerprint density at radius 2 is 2.13 bits per heavy atom. The van der Waals surface area contributed by atoms with Crippen molar-refractivity contribution in [2.24, 2.45) is 5.73 Å². The quantitative estimate of drug-likeness (QED) is 0.716. The summed E-state index contributed by atoms with van der Waals surface area (Å²) in [7, 11) is 1.90. The molecule has 74 valence electrons. The first-order chi connectivity index (χ1) is 7.16. The van der Waals surface area contributed by atoms with Crippen molar-refractivity contribution in [1.82, 2.24) is 4.98 Å². The molecule has 0 unspecified atom stereocenters. The van der Waals surface area contributed by atoms with Gasteiger partial charge in [-0.25, -0.2) is 0 Å². The smallest absolute Gasteiger partial charge is 0.186 e. The van der Waals surface area contributed by atoms with E-state index in [9.17, 15) is 0 Å². The first kappa shape index (κ1) is 9.58. The minimum absolute atomic E-state index is 0.518. The first-order valence-electron chi connectivity index (χ1n) is 4.64. The Bertz CT molecular complexity index is 488. The predicted octanol–water partition coefficient (Wildman–Crippen LogP) is 0.529. The summed E-state index contributed by atoms with van der Waals surface area (Å²) in [5.74, 6) is 0.765. The zero-order valence-electron chi connectivity index (χ0n) is 8.53. The fourth-order valence-corrected chi connectivity index (χ4v) is 1.30. The molecule has 0 fully saturated rings. The molecular formula is C11H11BN2O. The standard InChI is InChI=1S/C11H11BN2O/c1-7(13)8-2-3-9(14-6-8)10-4-5-11(12)15-10/h2-6H,1,12-13H2. The van der Waals surface area contributed by atoms with Crippen LogP contribution in [0.15, 0.2) is 41.5 Å². The van der Waals surface area contributed by atoms with Gasteiger partial charge in [0, 0.05) is 17.5 Å². The van der Waals surface area contributed by atoms with Gasteiger partial charge in [-0.1, -0.05) is 6.58 Å². The monoisotopic (exact) mass is 198 g/mol. The summed E-state index contributed by atoms with van der Waals surface area (Å²) in [5, 5.41) is 0. The summed E-state index contributed by atoms with van der Waals surface area (Å²) in [5.41, 5.74) is 8.58. The van der Waals surface area contributed by atoms with Gasteiger partial charge in [-0.15, -0.1) is 0 Å². The van der Waals surface area contributed by atoms with Gasteiger partial charge >= 0.3 is 0 Å². The number of furan rings is 1. The SMILES string of the molecule is Bc1ccc(-c2ccc(C(=C)N)cn2)o1. The summed E-state index contributed by atoms with van der Waals surface area (Å²) in [6.45, 7) is 3.65. The maximum atomic E-state index is 5.55. The second-order valence-corrected chi connectivity index (χ2v) is 3.37. The van der Waals surface area contributed by atoms with E-state index >= 15 is 0 Å². The van der Waals surface area contributed by atoms with E-state index in [1.807, 2.05) is 32.1 Å². The fraction of sp³-hybridized carbons (Fsp3) is 0. The van der Waals surface area contributed by atoms with Gasteiger partial charge in [-0.3, -0.25) is 4.98 Å². The van der Waals surface area contributed by atoms with E-state index < -0.39 is 0 Å². The third-order valence-corrected chi connectivity index (χ3v) is 2.13. The highest BCUT2D eigenvalue weighted by molar-refractivity contribution is 6.29. The van der Waals surface area contributed by atoms with E-state index in [1.54, 1.807) is 6.20 Å². The molecule has 2 heterocycles. The molecule has 0 spiro atoms. The number of pyridine rings is 1. The number of hydrogen-bond acceptors (Lipinski definition) is 3. The lowest BCUT2D eigenvalue weighted by Gasteiger charge is -2.00. The van der Waals surface area contributed by atoms with Gasteiger partial charge in [0.2, 0.25) is 0 Å². The molecule has 3 nitrogen and oxygen atoms in total. The van der Waals surface area contributed by atoms with Crippen molar-refractivity contribution in [2.45, 2.75) is 0 Å². The average molecular weight is 198 g/mol. The Kier molecular flexibility index (Phi) is 2.33. The molecule has 0 aliphatic rings. The van der Waals surface area contributed by atoms with E-state index in [-0.39, 0.29) is 0 Å². The van der Waals surface area contributed by atoms with E-state index in [4.69, 9.17) is 10.2 Å². The Morgan fingerprint density at radius 1 is 1.33 bits per heavy atom. The van der Waals surface area contributed by atoms with E-state index in [1.165, 1.54) is 0 Å². The van der Waals surface area contributed by atoms with Crippen molar-refractivity contribution in [3.05, 3.63) is 42.6 Å². The molecular weight excluding hydrogens is 187 g/mol. The minimum atomic E-state index is 0.518. The lowest BCUT2D eigenvalue weighted by molar-refractivity contribution is 0.615. The Morgan fingerprint density at radius 3 is 2.60 bits per heavy atom. The van der Waals surface area contributed by atoms with Crippen molar-refractivity contribution in [1.29, 1.82) is 0 Å². The first-order valence-corrected chi connectivity index (χ1v) is 4.64. The van der Waals surface area contributed by atoms with Crippen LogP contribution in [-0.4, -0.2) is 12.8 Å². The average Bonchev–Trinajstić information content (AvgIpc) is 2.65. The van der Waals surface area contributed by atoms with Crippen molar-refractivity contribution < 1.29 is 4.42 Å². The van der Waals surface area contributed by atoms with Gasteiger partial charge < -0.3 is 10.2 Å². The van der Waals surface area contributed by atoms with E-state index in [0.29, 0.717) is 5.70 Å². The van der Waals surface area contributed by atoms with Gasteiger partial charge in [0.15, 0.2) is 13.6 Å². The summed E-state index contributed by atoms with van der Waals surface area (Å²) >= 11 is 0. The Balaban J connectivity index is 2.35. The van der Waals surface area contributed by atoms with Crippen molar-refractivity contribution in [3.63, 3.8) is 0 Å². The third kappa shape index (κ3) is 1.93. The normalized spacial score (nSPS) is 10.1. The molecule has 2 aromatic heterocycles. The topological polar surface area (TPSA) is 52.0 Å².